The molecule has 25 heavy (non-hydrogen) atoms. The van der Waals surface area contributed by atoms with E-state index in [1.165, 1.54) is 20.3 Å². The molecule has 1 N–H and O–H groups in total. The molecule has 0 fully saturated rings. The van der Waals surface area contributed by atoms with Crippen LogP contribution in [-0.4, -0.2) is 24.7 Å². The smallest absolute Gasteiger partial charge is 0.261 e. The second-order valence-electron chi connectivity index (χ2n) is 5.78. The number of methoxy groups -OCH3 is 2. The van der Waals surface area contributed by atoms with Crippen molar-refractivity contribution >= 4 is 23.2 Å². The molecule has 1 amide bonds. The molecular formula is C18H19ClN2O4. The second kappa shape index (κ2) is 7.19. The molecular weight excluding hydrogens is 344 g/mol. The van der Waals surface area contributed by atoms with Crippen LogP contribution in [0.2, 0.25) is 5.02 Å². The van der Waals surface area contributed by atoms with E-state index in [-0.39, 0.29) is 17.2 Å². The number of rotatable bonds is 4. The number of nitrogens with zero attached hydrogens (tertiary/aromatic N) is 1. The van der Waals surface area contributed by atoms with E-state index in [2.05, 4.69) is 5.32 Å². The van der Waals surface area contributed by atoms with Gasteiger partial charge in [0.15, 0.2) is 0 Å². The molecule has 2 aromatic rings. The average Bonchev–Trinajstić information content (AvgIpc) is 2.61. The Morgan fingerprint density at radius 2 is 1.92 bits per heavy atom. The number of benzene rings is 1. The number of anilines is 1. The first kappa shape index (κ1) is 17.4. The Balaban J connectivity index is 2.06. The molecule has 0 aliphatic carbocycles. The fourth-order valence-corrected chi connectivity index (χ4v) is 3.28. The Morgan fingerprint density at radius 3 is 2.64 bits per heavy atom. The molecule has 0 saturated carbocycles. The summed E-state index contributed by atoms with van der Waals surface area (Å²) in [5, 5.41) is 3.30. The van der Waals surface area contributed by atoms with E-state index in [0.717, 1.165) is 12.8 Å². The van der Waals surface area contributed by atoms with Gasteiger partial charge < -0.3 is 19.4 Å². The number of ether oxygens (including phenoxy) is 2. The minimum atomic E-state index is -0.358. The van der Waals surface area contributed by atoms with Gasteiger partial charge in [-0.05, 0) is 37.5 Å². The molecule has 0 bridgehead atoms. The van der Waals surface area contributed by atoms with Crippen LogP contribution < -0.4 is 20.3 Å². The molecule has 2 heterocycles. The van der Waals surface area contributed by atoms with E-state index in [4.69, 9.17) is 21.1 Å². The van der Waals surface area contributed by atoms with E-state index >= 15 is 0 Å². The Morgan fingerprint density at radius 1 is 1.16 bits per heavy atom. The quantitative estimate of drug-likeness (QED) is 0.907. The number of halogens is 1. The van der Waals surface area contributed by atoms with Crippen molar-refractivity contribution in [3.8, 4) is 11.5 Å². The van der Waals surface area contributed by atoms with Crippen LogP contribution in [0.3, 0.4) is 0 Å². The summed E-state index contributed by atoms with van der Waals surface area (Å²) in [6.45, 7) is 0.610. The lowest BCUT2D eigenvalue weighted by Gasteiger charge is -2.23. The van der Waals surface area contributed by atoms with Gasteiger partial charge in [-0.15, -0.1) is 0 Å². The summed E-state index contributed by atoms with van der Waals surface area (Å²) in [6, 6.07) is 6.34. The van der Waals surface area contributed by atoms with Gasteiger partial charge in [0.25, 0.3) is 11.5 Å². The van der Waals surface area contributed by atoms with Crippen molar-refractivity contribution in [3.05, 3.63) is 50.9 Å². The van der Waals surface area contributed by atoms with Gasteiger partial charge in [-0.3, -0.25) is 9.59 Å². The molecule has 0 radical (unpaired) electrons. The molecule has 0 spiro atoms. The molecule has 1 aliphatic rings. The predicted molar refractivity (Wildman–Crippen MR) is 96.1 cm³/mol. The van der Waals surface area contributed by atoms with Gasteiger partial charge in [0, 0.05) is 23.3 Å². The Bertz CT molecular complexity index is 876. The number of carbonyl (C=O) groups excluding carboxylic acids is 1. The third-order valence-electron chi connectivity index (χ3n) is 4.28. The number of pyridine rings is 1. The first-order chi connectivity index (χ1) is 12.0. The lowest BCUT2D eigenvalue weighted by molar-refractivity contribution is 0.102. The monoisotopic (exact) mass is 362 g/mol. The van der Waals surface area contributed by atoms with Crippen LogP contribution in [0.1, 0.15) is 28.9 Å². The molecule has 1 aromatic heterocycles. The van der Waals surface area contributed by atoms with Crippen LogP contribution in [0.25, 0.3) is 0 Å². The minimum absolute atomic E-state index is 0.150. The summed E-state index contributed by atoms with van der Waals surface area (Å²) in [7, 11) is 2.97. The molecule has 7 heteroatoms. The summed E-state index contributed by atoms with van der Waals surface area (Å²) in [5.74, 6) is 0.415. The largest absolute Gasteiger partial charge is 0.496 e. The maximum absolute atomic E-state index is 13.0. The molecule has 1 aliphatic heterocycles. The van der Waals surface area contributed by atoms with Crippen LogP contribution >= 0.6 is 11.6 Å². The van der Waals surface area contributed by atoms with Gasteiger partial charge in [0.1, 0.15) is 17.1 Å². The third kappa shape index (κ3) is 3.35. The number of hydrogen-bond acceptors (Lipinski definition) is 4. The Hall–Kier alpha value is -2.47. The van der Waals surface area contributed by atoms with Gasteiger partial charge >= 0.3 is 0 Å². The number of fused-ring (bicyclic) bond motifs is 1. The summed E-state index contributed by atoms with van der Waals surface area (Å²) in [5.41, 5.74) is 1.39. The first-order valence-electron chi connectivity index (χ1n) is 8.00. The Kier molecular flexibility index (Phi) is 4.99. The van der Waals surface area contributed by atoms with Crippen molar-refractivity contribution in [1.82, 2.24) is 4.57 Å². The van der Waals surface area contributed by atoms with E-state index in [9.17, 15) is 9.59 Å². The normalized spacial score (nSPS) is 13.1. The summed E-state index contributed by atoms with van der Waals surface area (Å²) < 4.78 is 12.2. The zero-order valence-electron chi connectivity index (χ0n) is 14.1. The van der Waals surface area contributed by atoms with Crippen molar-refractivity contribution in [1.29, 1.82) is 0 Å². The standard InChI is InChI=1S/C18H19ClN2O4/c1-24-14-7-6-11(19)9-12(14)20-18(23)17-13-5-3-4-8-21(13)16(22)10-15(17)25-2/h6-7,9-10H,3-5,8H2,1-2H3,(H,20,23). The highest BCUT2D eigenvalue weighted by Gasteiger charge is 2.24. The van der Waals surface area contributed by atoms with E-state index in [1.807, 2.05) is 0 Å². The van der Waals surface area contributed by atoms with Gasteiger partial charge in [-0.25, -0.2) is 0 Å². The molecule has 3 rings (SSSR count). The van der Waals surface area contributed by atoms with Crippen molar-refractivity contribution < 1.29 is 14.3 Å². The highest BCUT2D eigenvalue weighted by molar-refractivity contribution is 6.31. The Labute approximate surface area is 150 Å². The maximum atomic E-state index is 13.0. The molecule has 1 aromatic carbocycles. The van der Waals surface area contributed by atoms with E-state index < -0.39 is 0 Å². The molecule has 132 valence electrons. The number of amides is 1. The van der Waals surface area contributed by atoms with E-state index in [0.29, 0.717) is 40.7 Å². The molecule has 0 atom stereocenters. The topological polar surface area (TPSA) is 69.6 Å². The van der Waals surface area contributed by atoms with Crippen LogP contribution in [0.5, 0.6) is 11.5 Å². The van der Waals surface area contributed by atoms with Gasteiger partial charge in [-0.1, -0.05) is 11.6 Å². The molecule has 0 saturated heterocycles. The highest BCUT2D eigenvalue weighted by atomic mass is 35.5. The van der Waals surface area contributed by atoms with Gasteiger partial charge in [-0.2, -0.15) is 0 Å². The third-order valence-corrected chi connectivity index (χ3v) is 4.52. The van der Waals surface area contributed by atoms with Crippen LogP contribution in [0.15, 0.2) is 29.1 Å². The van der Waals surface area contributed by atoms with Crippen molar-refractivity contribution in [3.63, 3.8) is 0 Å². The van der Waals surface area contributed by atoms with Gasteiger partial charge in [0.05, 0.1) is 19.9 Å². The number of hydrogen-bond donors (Lipinski definition) is 1. The summed E-state index contributed by atoms with van der Waals surface area (Å²) in [4.78, 5) is 25.2. The van der Waals surface area contributed by atoms with Gasteiger partial charge in [0.2, 0.25) is 0 Å². The number of nitrogens with one attached hydrogen (secondary N) is 1. The number of carbonyl (C=O) groups is 1. The SMILES string of the molecule is COc1ccc(Cl)cc1NC(=O)c1c(OC)cc(=O)n2c1CCCC2. The van der Waals surface area contributed by atoms with Crippen molar-refractivity contribution in [2.24, 2.45) is 0 Å². The van der Waals surface area contributed by atoms with Crippen LogP contribution in [-0.2, 0) is 13.0 Å². The van der Waals surface area contributed by atoms with Crippen molar-refractivity contribution in [2.75, 3.05) is 19.5 Å². The summed E-state index contributed by atoms with van der Waals surface area (Å²) >= 11 is 6.02. The first-order valence-corrected chi connectivity index (χ1v) is 8.38. The van der Waals surface area contributed by atoms with E-state index in [1.54, 1.807) is 22.8 Å². The molecule has 6 nitrogen and oxygen atoms in total. The lowest BCUT2D eigenvalue weighted by atomic mass is 10.0. The maximum Gasteiger partial charge on any atom is 0.261 e. The fourth-order valence-electron chi connectivity index (χ4n) is 3.11. The zero-order chi connectivity index (χ0) is 18.0. The predicted octanol–water partition coefficient (Wildman–Crippen LogP) is 3.11. The van der Waals surface area contributed by atoms with Crippen molar-refractivity contribution in [2.45, 2.75) is 25.8 Å². The van der Waals surface area contributed by atoms with Crippen LogP contribution in [0.4, 0.5) is 5.69 Å². The molecule has 0 unspecified atom stereocenters. The highest BCUT2D eigenvalue weighted by Crippen LogP contribution is 2.30. The average molecular weight is 363 g/mol. The van der Waals surface area contributed by atoms with Crippen LogP contribution in [0, 0.1) is 0 Å². The number of aromatic nitrogens is 1. The second-order valence-corrected chi connectivity index (χ2v) is 6.22. The lowest BCUT2D eigenvalue weighted by Crippen LogP contribution is -2.30. The fraction of sp³-hybridized carbons (Fsp3) is 0.333. The minimum Gasteiger partial charge on any atom is -0.496 e. The summed E-state index contributed by atoms with van der Waals surface area (Å²) in [6.07, 6.45) is 2.50. The zero-order valence-corrected chi connectivity index (χ0v) is 14.9.